The number of halogens is 2. The second kappa shape index (κ2) is 10.7. The Morgan fingerprint density at radius 3 is 2.00 bits per heavy atom. The minimum absolute atomic E-state index is 0.0968. The van der Waals surface area contributed by atoms with Gasteiger partial charge in [-0.3, -0.25) is 14.4 Å². The van der Waals surface area contributed by atoms with Crippen molar-refractivity contribution in [2.24, 2.45) is 0 Å². The summed E-state index contributed by atoms with van der Waals surface area (Å²) in [7, 11) is 0. The molecule has 174 valence electrons. The summed E-state index contributed by atoms with van der Waals surface area (Å²) >= 11 is 11.9. The van der Waals surface area contributed by atoms with Crippen LogP contribution in [-0.2, 0) is 4.74 Å². The van der Waals surface area contributed by atoms with E-state index in [1.54, 1.807) is 59.5 Å². The molecule has 0 aromatic heterocycles. The highest BCUT2D eigenvalue weighted by Gasteiger charge is 2.19. The summed E-state index contributed by atoms with van der Waals surface area (Å²) in [5, 5.41) is 6.27. The number of rotatable bonds is 5. The monoisotopic (exact) mass is 497 g/mol. The summed E-state index contributed by atoms with van der Waals surface area (Å²) < 4.78 is 5.29. The molecule has 1 aliphatic rings. The fraction of sp³-hybridized carbons (Fsp3) is 0.160. The van der Waals surface area contributed by atoms with Crippen LogP contribution in [0, 0.1) is 0 Å². The van der Waals surface area contributed by atoms with Crippen molar-refractivity contribution in [1.82, 2.24) is 4.90 Å². The quantitative estimate of drug-likeness (QED) is 0.520. The standard InChI is InChI=1S/C25H21Cl2N3O4/c26-19-12-18(13-20(27)15-19)24(32)28-21-6-4-16(5-7-21)23(31)29-22-3-1-2-17(14-22)25(33)30-8-10-34-11-9-30/h1-7,12-15H,8-11H2,(H,28,32)(H,29,31). The molecular weight excluding hydrogens is 477 g/mol. The molecule has 0 radical (unpaired) electrons. The van der Waals surface area contributed by atoms with Crippen LogP contribution in [0.5, 0.6) is 0 Å². The van der Waals surface area contributed by atoms with Gasteiger partial charge in [0.1, 0.15) is 0 Å². The SMILES string of the molecule is O=C(Nc1cccc(C(=O)N2CCOCC2)c1)c1ccc(NC(=O)c2cc(Cl)cc(Cl)c2)cc1. The molecule has 3 aromatic carbocycles. The number of nitrogens with zero attached hydrogens (tertiary/aromatic N) is 1. The third-order valence-electron chi connectivity index (χ3n) is 5.20. The fourth-order valence-corrected chi connectivity index (χ4v) is 4.00. The zero-order chi connectivity index (χ0) is 24.1. The van der Waals surface area contributed by atoms with E-state index in [2.05, 4.69) is 10.6 Å². The zero-order valence-corrected chi connectivity index (χ0v) is 19.5. The first-order valence-electron chi connectivity index (χ1n) is 10.5. The summed E-state index contributed by atoms with van der Waals surface area (Å²) in [5.74, 6) is -0.806. The number of ether oxygens (including phenoxy) is 1. The van der Waals surface area contributed by atoms with Crippen LogP contribution in [0.25, 0.3) is 0 Å². The lowest BCUT2D eigenvalue weighted by Gasteiger charge is -2.27. The molecule has 0 bridgehead atoms. The van der Waals surface area contributed by atoms with E-state index in [1.807, 2.05) is 0 Å². The van der Waals surface area contributed by atoms with Gasteiger partial charge in [0.05, 0.1) is 13.2 Å². The van der Waals surface area contributed by atoms with Gasteiger partial charge in [-0.1, -0.05) is 29.3 Å². The smallest absolute Gasteiger partial charge is 0.255 e. The van der Waals surface area contributed by atoms with E-state index in [1.165, 1.54) is 12.1 Å². The van der Waals surface area contributed by atoms with Crippen molar-refractivity contribution in [2.75, 3.05) is 36.9 Å². The average molecular weight is 498 g/mol. The Hall–Kier alpha value is -3.39. The van der Waals surface area contributed by atoms with Gasteiger partial charge in [0.25, 0.3) is 17.7 Å². The van der Waals surface area contributed by atoms with Crippen LogP contribution in [-0.4, -0.2) is 48.9 Å². The van der Waals surface area contributed by atoms with Crippen molar-refractivity contribution < 1.29 is 19.1 Å². The minimum atomic E-state index is -0.372. The number of hydrogen-bond acceptors (Lipinski definition) is 4. The van der Waals surface area contributed by atoms with E-state index in [-0.39, 0.29) is 17.7 Å². The van der Waals surface area contributed by atoms with Crippen LogP contribution < -0.4 is 10.6 Å². The Labute approximate surface area is 206 Å². The molecule has 34 heavy (non-hydrogen) atoms. The number of carbonyl (C=O) groups excluding carboxylic acids is 3. The highest BCUT2D eigenvalue weighted by molar-refractivity contribution is 6.35. The lowest BCUT2D eigenvalue weighted by molar-refractivity contribution is 0.0303. The Kier molecular flexibility index (Phi) is 7.47. The molecule has 1 heterocycles. The highest BCUT2D eigenvalue weighted by Crippen LogP contribution is 2.21. The predicted octanol–water partition coefficient (Wildman–Crippen LogP) is 4.97. The van der Waals surface area contributed by atoms with Crippen LogP contribution in [0.15, 0.2) is 66.7 Å². The van der Waals surface area contributed by atoms with Crippen molar-refractivity contribution in [3.8, 4) is 0 Å². The Bertz CT molecular complexity index is 1200. The molecule has 0 atom stereocenters. The number of morpholine rings is 1. The Morgan fingerprint density at radius 1 is 0.706 bits per heavy atom. The maximum atomic E-state index is 12.7. The molecule has 3 aromatic rings. The summed E-state index contributed by atoms with van der Waals surface area (Å²) in [6, 6.07) is 17.8. The van der Waals surface area contributed by atoms with Gasteiger partial charge in [-0.15, -0.1) is 0 Å². The van der Waals surface area contributed by atoms with Gasteiger partial charge < -0.3 is 20.3 Å². The van der Waals surface area contributed by atoms with Crippen molar-refractivity contribution in [3.63, 3.8) is 0 Å². The number of anilines is 2. The van der Waals surface area contributed by atoms with E-state index in [4.69, 9.17) is 27.9 Å². The molecule has 3 amide bonds. The number of hydrogen-bond donors (Lipinski definition) is 2. The highest BCUT2D eigenvalue weighted by atomic mass is 35.5. The van der Waals surface area contributed by atoms with Crippen LogP contribution in [0.2, 0.25) is 10.0 Å². The first-order chi connectivity index (χ1) is 16.4. The van der Waals surface area contributed by atoms with Gasteiger partial charge in [0.2, 0.25) is 0 Å². The molecule has 0 unspecified atom stereocenters. The van der Waals surface area contributed by atoms with Crippen molar-refractivity contribution >= 4 is 52.3 Å². The summed E-state index contributed by atoms with van der Waals surface area (Å²) in [4.78, 5) is 39.5. The van der Waals surface area contributed by atoms with E-state index in [0.29, 0.717) is 64.4 Å². The van der Waals surface area contributed by atoms with Gasteiger partial charge in [-0.25, -0.2) is 0 Å². The van der Waals surface area contributed by atoms with Gasteiger partial charge in [0, 0.05) is 51.2 Å². The molecule has 1 fully saturated rings. The molecule has 0 aliphatic carbocycles. The molecule has 2 N–H and O–H groups in total. The average Bonchev–Trinajstić information content (AvgIpc) is 2.84. The van der Waals surface area contributed by atoms with Crippen molar-refractivity contribution in [1.29, 1.82) is 0 Å². The summed E-state index contributed by atoms with van der Waals surface area (Å²) in [6.45, 7) is 2.13. The molecule has 1 aliphatic heterocycles. The molecule has 1 saturated heterocycles. The van der Waals surface area contributed by atoms with Crippen LogP contribution in [0.3, 0.4) is 0 Å². The Balaban J connectivity index is 1.39. The molecular formula is C25H21Cl2N3O4. The summed E-state index contributed by atoms with van der Waals surface area (Å²) in [5.41, 5.74) is 2.24. The van der Waals surface area contributed by atoms with Gasteiger partial charge in [-0.05, 0) is 60.7 Å². The molecule has 9 heteroatoms. The first kappa shape index (κ1) is 23.8. The van der Waals surface area contributed by atoms with Crippen LogP contribution >= 0.6 is 23.2 Å². The topological polar surface area (TPSA) is 87.7 Å². The zero-order valence-electron chi connectivity index (χ0n) is 18.0. The maximum Gasteiger partial charge on any atom is 0.255 e. The first-order valence-corrected chi connectivity index (χ1v) is 11.3. The van der Waals surface area contributed by atoms with E-state index >= 15 is 0 Å². The largest absolute Gasteiger partial charge is 0.378 e. The second-order valence-electron chi connectivity index (χ2n) is 7.63. The van der Waals surface area contributed by atoms with Crippen molar-refractivity contribution in [3.05, 3.63) is 93.5 Å². The number of carbonyl (C=O) groups is 3. The third-order valence-corrected chi connectivity index (χ3v) is 5.63. The normalized spacial score (nSPS) is 13.3. The molecule has 4 rings (SSSR count). The van der Waals surface area contributed by atoms with E-state index in [0.717, 1.165) is 0 Å². The lowest BCUT2D eigenvalue weighted by Crippen LogP contribution is -2.40. The van der Waals surface area contributed by atoms with Crippen molar-refractivity contribution in [2.45, 2.75) is 0 Å². The lowest BCUT2D eigenvalue weighted by atomic mass is 10.1. The van der Waals surface area contributed by atoms with E-state index < -0.39 is 0 Å². The van der Waals surface area contributed by atoms with Crippen LogP contribution in [0.1, 0.15) is 31.1 Å². The third kappa shape index (κ3) is 5.94. The maximum absolute atomic E-state index is 12.7. The molecule has 0 saturated carbocycles. The number of amides is 3. The minimum Gasteiger partial charge on any atom is -0.378 e. The fourth-order valence-electron chi connectivity index (χ4n) is 3.48. The Morgan fingerprint density at radius 2 is 1.32 bits per heavy atom. The molecule has 0 spiro atoms. The van der Waals surface area contributed by atoms with Gasteiger partial charge in [-0.2, -0.15) is 0 Å². The number of nitrogens with one attached hydrogen (secondary N) is 2. The van der Waals surface area contributed by atoms with Gasteiger partial charge in [0.15, 0.2) is 0 Å². The van der Waals surface area contributed by atoms with Crippen LogP contribution in [0.4, 0.5) is 11.4 Å². The number of benzene rings is 3. The van der Waals surface area contributed by atoms with Gasteiger partial charge >= 0.3 is 0 Å². The molecule has 7 nitrogen and oxygen atoms in total. The summed E-state index contributed by atoms with van der Waals surface area (Å²) in [6.07, 6.45) is 0. The second-order valence-corrected chi connectivity index (χ2v) is 8.50. The predicted molar refractivity (Wildman–Crippen MR) is 132 cm³/mol. The van der Waals surface area contributed by atoms with E-state index in [9.17, 15) is 14.4 Å².